The molecule has 0 spiro atoms. The molecule has 0 aromatic heterocycles. The van der Waals surface area contributed by atoms with Gasteiger partial charge in [0.05, 0.1) is 6.04 Å². The normalized spacial score (nSPS) is 16.6. The second kappa shape index (κ2) is 14.3. The maximum atomic E-state index is 13.4. The van der Waals surface area contributed by atoms with Gasteiger partial charge < -0.3 is 9.70 Å². The van der Waals surface area contributed by atoms with Crippen LogP contribution in [0.3, 0.4) is 0 Å². The van der Waals surface area contributed by atoms with Gasteiger partial charge >= 0.3 is 0 Å². The molecule has 1 N–H and O–H groups in total. The highest BCUT2D eigenvalue weighted by Crippen LogP contribution is 2.39. The van der Waals surface area contributed by atoms with E-state index in [0.29, 0.717) is 6.54 Å². The largest absolute Gasteiger partial charge is 0.432 e. The topological polar surface area (TPSA) is 47.0 Å². The van der Waals surface area contributed by atoms with Crippen LogP contribution in [0.1, 0.15) is 79.7 Å². The molecule has 6 heteroatoms. The van der Waals surface area contributed by atoms with E-state index in [1.807, 2.05) is 30.1 Å². The van der Waals surface area contributed by atoms with Crippen LogP contribution in [-0.2, 0) is 13.0 Å². The first kappa shape index (κ1) is 33.1. The predicted octanol–water partition coefficient (Wildman–Crippen LogP) is 7.37. The summed E-state index contributed by atoms with van der Waals surface area (Å²) < 4.78 is 0. The van der Waals surface area contributed by atoms with Crippen LogP contribution < -0.4 is 0 Å². The standard InChI is InChI=1S/C37H53N3O2Si/c1-8-29(3)40(9-2)36(41)33-20-18-32(19-21-33)35(34-17-13-16-31(26-34)27-37(4,5)43(6,7)42)39-24-22-38(23-25-39)28-30-14-11-10-12-15-30/h10-21,26,29,35,42H,8-9,22-25,27-28H2,1-7H3. The van der Waals surface area contributed by atoms with Crippen molar-refractivity contribution in [1.82, 2.24) is 14.7 Å². The summed E-state index contributed by atoms with van der Waals surface area (Å²) >= 11 is 0. The van der Waals surface area contributed by atoms with E-state index in [-0.39, 0.29) is 23.0 Å². The number of carbonyl (C=O) groups excluding carboxylic acids is 1. The molecule has 3 aromatic carbocycles. The van der Waals surface area contributed by atoms with E-state index in [0.717, 1.165) is 51.1 Å². The number of nitrogens with zero attached hydrogens (tertiary/aromatic N) is 3. The lowest BCUT2D eigenvalue weighted by Gasteiger charge is -2.40. The molecule has 5 nitrogen and oxygen atoms in total. The zero-order valence-corrected chi connectivity index (χ0v) is 28.5. The fourth-order valence-electron chi connectivity index (χ4n) is 6.08. The molecule has 2 unspecified atom stereocenters. The minimum absolute atomic E-state index is 0.0994. The summed E-state index contributed by atoms with van der Waals surface area (Å²) in [6.07, 6.45) is 1.79. The highest BCUT2D eigenvalue weighted by molar-refractivity contribution is 6.72. The van der Waals surface area contributed by atoms with Gasteiger partial charge in [0.25, 0.3) is 5.91 Å². The maximum Gasteiger partial charge on any atom is 0.254 e. The molecule has 43 heavy (non-hydrogen) atoms. The molecule has 0 aliphatic carbocycles. The predicted molar refractivity (Wildman–Crippen MR) is 182 cm³/mol. The monoisotopic (exact) mass is 599 g/mol. The van der Waals surface area contributed by atoms with E-state index in [1.165, 1.54) is 22.3 Å². The van der Waals surface area contributed by atoms with E-state index < -0.39 is 8.32 Å². The molecule has 1 saturated heterocycles. The van der Waals surface area contributed by atoms with Gasteiger partial charge in [0.1, 0.15) is 0 Å². The first-order valence-corrected chi connectivity index (χ1v) is 19.1. The molecular formula is C37H53N3O2Si. The lowest BCUT2D eigenvalue weighted by atomic mass is 9.92. The van der Waals surface area contributed by atoms with Crippen molar-refractivity contribution in [3.05, 3.63) is 107 Å². The number of amides is 1. The molecule has 3 aromatic rings. The van der Waals surface area contributed by atoms with Crippen LogP contribution in [0.4, 0.5) is 0 Å². The van der Waals surface area contributed by atoms with Crippen molar-refractivity contribution in [2.24, 2.45) is 0 Å². The van der Waals surface area contributed by atoms with E-state index in [2.05, 4.69) is 111 Å². The molecule has 0 saturated carbocycles. The lowest BCUT2D eigenvalue weighted by molar-refractivity contribution is 0.0700. The SMILES string of the molecule is CCC(C)N(CC)C(=O)c1ccc(C(c2cccc(CC(C)(C)[Si](C)(C)O)c2)N2CCN(Cc3ccccc3)CC2)cc1. The Morgan fingerprint density at radius 2 is 1.51 bits per heavy atom. The third kappa shape index (κ3) is 8.24. The molecule has 1 amide bonds. The summed E-state index contributed by atoms with van der Waals surface area (Å²) in [6, 6.07) is 28.4. The Labute approximate surface area is 261 Å². The van der Waals surface area contributed by atoms with Crippen LogP contribution in [0.2, 0.25) is 18.1 Å². The summed E-state index contributed by atoms with van der Waals surface area (Å²) in [5, 5.41) is -0.132. The van der Waals surface area contributed by atoms with Crippen LogP contribution in [0.25, 0.3) is 0 Å². The van der Waals surface area contributed by atoms with Gasteiger partial charge in [0, 0.05) is 50.9 Å². The highest BCUT2D eigenvalue weighted by atomic mass is 28.4. The Bertz CT molecular complexity index is 1310. The minimum Gasteiger partial charge on any atom is -0.432 e. The molecule has 2 atom stereocenters. The second-order valence-electron chi connectivity index (χ2n) is 13.5. The van der Waals surface area contributed by atoms with Gasteiger partial charge in [0.2, 0.25) is 0 Å². The first-order valence-electron chi connectivity index (χ1n) is 16.2. The molecular weight excluding hydrogens is 547 g/mol. The van der Waals surface area contributed by atoms with Gasteiger partial charge in [-0.3, -0.25) is 14.6 Å². The van der Waals surface area contributed by atoms with Crippen molar-refractivity contribution in [2.75, 3.05) is 32.7 Å². The number of piperazine rings is 1. The van der Waals surface area contributed by atoms with E-state index >= 15 is 0 Å². The molecule has 1 aliphatic heterocycles. The van der Waals surface area contributed by atoms with Gasteiger partial charge in [-0.15, -0.1) is 0 Å². The van der Waals surface area contributed by atoms with Gasteiger partial charge in [-0.05, 0) is 79.2 Å². The van der Waals surface area contributed by atoms with Gasteiger partial charge in [-0.2, -0.15) is 0 Å². The summed E-state index contributed by atoms with van der Waals surface area (Å²) in [5.41, 5.74) is 5.87. The fourth-order valence-corrected chi connectivity index (χ4v) is 6.72. The van der Waals surface area contributed by atoms with Crippen LogP contribution in [0, 0.1) is 0 Å². The van der Waals surface area contributed by atoms with Gasteiger partial charge in [-0.25, -0.2) is 0 Å². The van der Waals surface area contributed by atoms with Gasteiger partial charge in [0.15, 0.2) is 8.32 Å². The van der Waals surface area contributed by atoms with E-state index in [1.54, 1.807) is 0 Å². The summed E-state index contributed by atoms with van der Waals surface area (Å²) in [6.45, 7) is 20.5. The molecule has 1 fully saturated rings. The molecule has 4 rings (SSSR count). The third-order valence-corrected chi connectivity index (χ3v) is 13.3. The quantitative estimate of drug-likeness (QED) is 0.221. The second-order valence-corrected chi connectivity index (χ2v) is 18.0. The lowest BCUT2D eigenvalue weighted by Crippen LogP contribution is -2.47. The average Bonchev–Trinajstić information content (AvgIpc) is 2.98. The van der Waals surface area contributed by atoms with Crippen molar-refractivity contribution < 1.29 is 9.59 Å². The zero-order chi connectivity index (χ0) is 31.2. The van der Waals surface area contributed by atoms with Crippen LogP contribution in [0.5, 0.6) is 0 Å². The Balaban J connectivity index is 1.62. The van der Waals surface area contributed by atoms with Crippen LogP contribution in [0.15, 0.2) is 78.9 Å². The van der Waals surface area contributed by atoms with Crippen molar-refractivity contribution in [3.8, 4) is 0 Å². The Hall–Kier alpha value is -2.77. The minimum atomic E-state index is -2.34. The summed E-state index contributed by atoms with van der Waals surface area (Å²) in [5.74, 6) is 0.106. The third-order valence-electron chi connectivity index (χ3n) is 9.79. The van der Waals surface area contributed by atoms with Crippen LogP contribution in [-0.4, -0.2) is 72.5 Å². The Morgan fingerprint density at radius 1 is 0.884 bits per heavy atom. The zero-order valence-electron chi connectivity index (χ0n) is 27.5. The van der Waals surface area contributed by atoms with E-state index in [4.69, 9.17) is 0 Å². The average molecular weight is 600 g/mol. The van der Waals surface area contributed by atoms with E-state index in [9.17, 15) is 9.59 Å². The summed E-state index contributed by atoms with van der Waals surface area (Å²) in [4.78, 5) is 31.5. The van der Waals surface area contributed by atoms with Gasteiger partial charge in [-0.1, -0.05) is 87.5 Å². The summed E-state index contributed by atoms with van der Waals surface area (Å²) in [7, 11) is -2.34. The number of carbonyl (C=O) groups is 1. The molecule has 232 valence electrons. The highest BCUT2D eigenvalue weighted by Gasteiger charge is 2.38. The number of benzene rings is 3. The van der Waals surface area contributed by atoms with Crippen molar-refractivity contribution in [2.45, 2.75) is 84.2 Å². The molecule has 1 aliphatic rings. The van der Waals surface area contributed by atoms with Crippen LogP contribution >= 0.6 is 0 Å². The van der Waals surface area contributed by atoms with Crippen molar-refractivity contribution in [3.63, 3.8) is 0 Å². The molecule has 1 heterocycles. The van der Waals surface area contributed by atoms with Crippen molar-refractivity contribution in [1.29, 1.82) is 0 Å². The number of hydrogen-bond donors (Lipinski definition) is 1. The Morgan fingerprint density at radius 3 is 2.09 bits per heavy atom. The maximum absolute atomic E-state index is 13.4. The molecule has 0 bridgehead atoms. The smallest absolute Gasteiger partial charge is 0.254 e. The molecule has 0 radical (unpaired) electrons. The van der Waals surface area contributed by atoms with Crippen molar-refractivity contribution >= 4 is 14.2 Å². The number of rotatable bonds is 12. The fraction of sp³-hybridized carbons (Fsp3) is 0.486. The first-order chi connectivity index (χ1) is 20.4. The Kier molecular flexibility index (Phi) is 11.0. The number of hydrogen-bond acceptors (Lipinski definition) is 4.